The van der Waals surface area contributed by atoms with Crippen molar-refractivity contribution in [1.29, 1.82) is 0 Å². The number of hydrogen-bond donors (Lipinski definition) is 1. The van der Waals surface area contributed by atoms with Crippen molar-refractivity contribution in [3.63, 3.8) is 0 Å². The second-order valence-corrected chi connectivity index (χ2v) is 6.83. The number of benzene rings is 1. The zero-order chi connectivity index (χ0) is 15.5. The molecule has 0 amide bonds. The first-order valence-electron chi connectivity index (χ1n) is 6.16. The fraction of sp³-hybridized carbons (Fsp3) is 0.214. The third-order valence-corrected chi connectivity index (χ3v) is 4.27. The molecule has 0 atom stereocenters. The number of ether oxygens (including phenoxy) is 1. The number of rotatable bonds is 5. The number of hydrogen-bond acceptors (Lipinski definition) is 5. The Morgan fingerprint density at radius 1 is 1.19 bits per heavy atom. The molecule has 1 heterocycles. The molecule has 0 fully saturated rings. The summed E-state index contributed by atoms with van der Waals surface area (Å²) in [4.78, 5) is 4.55. The van der Waals surface area contributed by atoms with Gasteiger partial charge < -0.3 is 10.1 Å². The average molecular weight is 327 g/mol. The summed E-state index contributed by atoms with van der Waals surface area (Å²) in [6.07, 6.45) is 1.16. The molecule has 0 spiro atoms. The number of pyridine rings is 1. The summed E-state index contributed by atoms with van der Waals surface area (Å²) in [5.41, 5.74) is 0.607. The highest BCUT2D eigenvalue weighted by Crippen LogP contribution is 2.20. The monoisotopic (exact) mass is 326 g/mol. The van der Waals surface area contributed by atoms with Gasteiger partial charge in [0.25, 0.3) is 0 Å². The number of sulfone groups is 1. The summed E-state index contributed by atoms with van der Waals surface area (Å²) in [6.45, 7) is 0.201. The van der Waals surface area contributed by atoms with Crippen molar-refractivity contribution < 1.29 is 13.2 Å². The van der Waals surface area contributed by atoms with Crippen molar-refractivity contribution in [3.05, 3.63) is 47.1 Å². The van der Waals surface area contributed by atoms with E-state index in [1.165, 1.54) is 12.1 Å². The van der Waals surface area contributed by atoms with Crippen molar-refractivity contribution >= 4 is 27.3 Å². The predicted molar refractivity (Wildman–Crippen MR) is 82.7 cm³/mol. The molecule has 1 N–H and O–H groups in total. The van der Waals surface area contributed by atoms with E-state index in [0.717, 1.165) is 6.26 Å². The molecule has 21 heavy (non-hydrogen) atoms. The fourth-order valence-electron chi connectivity index (χ4n) is 1.66. The maximum atomic E-state index is 11.4. The van der Waals surface area contributed by atoms with Crippen LogP contribution in [0.15, 0.2) is 41.3 Å². The fourth-order valence-corrected chi connectivity index (χ4v) is 2.45. The summed E-state index contributed by atoms with van der Waals surface area (Å²) in [6, 6.07) is 9.73. The van der Waals surface area contributed by atoms with Gasteiger partial charge in [-0.2, -0.15) is 0 Å². The van der Waals surface area contributed by atoms with Crippen LogP contribution in [0, 0.1) is 0 Å². The molecule has 0 aliphatic heterocycles. The first kappa shape index (κ1) is 15.6. The molecular weight excluding hydrogens is 312 g/mol. The minimum atomic E-state index is -3.20. The number of anilines is 1. The van der Waals surface area contributed by atoms with Gasteiger partial charge in [0.1, 0.15) is 18.2 Å². The first-order valence-corrected chi connectivity index (χ1v) is 8.43. The predicted octanol–water partition coefficient (Wildman–Crippen LogP) is 2.76. The average Bonchev–Trinajstić information content (AvgIpc) is 2.46. The second kappa shape index (κ2) is 6.32. The van der Waals surface area contributed by atoms with E-state index in [4.69, 9.17) is 16.3 Å². The molecule has 2 rings (SSSR count). The van der Waals surface area contributed by atoms with Crippen LogP contribution in [0.5, 0.6) is 5.75 Å². The van der Waals surface area contributed by atoms with Gasteiger partial charge in [0.05, 0.1) is 15.6 Å². The molecule has 2 aromatic rings. The van der Waals surface area contributed by atoms with Crippen molar-refractivity contribution in [3.8, 4) is 5.75 Å². The van der Waals surface area contributed by atoms with E-state index in [9.17, 15) is 8.42 Å². The number of nitrogens with zero attached hydrogens (tertiary/aromatic N) is 1. The highest BCUT2D eigenvalue weighted by molar-refractivity contribution is 7.90. The third-order valence-electron chi connectivity index (χ3n) is 2.80. The van der Waals surface area contributed by atoms with Gasteiger partial charge in [-0.15, -0.1) is 0 Å². The molecular formula is C14H15ClN2O3S. The molecule has 0 bridgehead atoms. The zero-order valence-electron chi connectivity index (χ0n) is 11.6. The molecule has 1 aromatic carbocycles. The van der Waals surface area contributed by atoms with Gasteiger partial charge in [-0.05, 0) is 36.4 Å². The lowest BCUT2D eigenvalue weighted by Gasteiger charge is -2.09. The SMILES string of the molecule is CNc1ccc(Cl)c(COc2ccc(S(C)(=O)=O)cc2)n1. The summed E-state index contributed by atoms with van der Waals surface area (Å²) >= 11 is 6.05. The minimum absolute atomic E-state index is 0.201. The quantitative estimate of drug-likeness (QED) is 0.915. The van der Waals surface area contributed by atoms with E-state index in [2.05, 4.69) is 10.3 Å². The van der Waals surface area contributed by atoms with Gasteiger partial charge in [0.15, 0.2) is 9.84 Å². The number of nitrogens with one attached hydrogen (secondary N) is 1. The van der Waals surface area contributed by atoms with Crippen LogP contribution in [0.2, 0.25) is 5.02 Å². The van der Waals surface area contributed by atoms with Gasteiger partial charge in [0.2, 0.25) is 0 Å². The molecule has 7 heteroatoms. The number of halogens is 1. The van der Waals surface area contributed by atoms with E-state index in [-0.39, 0.29) is 11.5 Å². The van der Waals surface area contributed by atoms with Crippen LogP contribution in [0.4, 0.5) is 5.82 Å². The van der Waals surface area contributed by atoms with Crippen molar-refractivity contribution in [2.45, 2.75) is 11.5 Å². The Hall–Kier alpha value is -1.79. The van der Waals surface area contributed by atoms with Crippen LogP contribution < -0.4 is 10.1 Å². The van der Waals surface area contributed by atoms with Crippen LogP contribution in [0.3, 0.4) is 0 Å². The van der Waals surface area contributed by atoms with Gasteiger partial charge >= 0.3 is 0 Å². The topological polar surface area (TPSA) is 68.3 Å². The molecule has 0 radical (unpaired) electrons. The third kappa shape index (κ3) is 4.09. The van der Waals surface area contributed by atoms with Gasteiger partial charge in [-0.1, -0.05) is 11.6 Å². The Balaban J connectivity index is 2.10. The van der Waals surface area contributed by atoms with Crippen LogP contribution in [-0.2, 0) is 16.4 Å². The van der Waals surface area contributed by atoms with E-state index in [1.54, 1.807) is 31.3 Å². The van der Waals surface area contributed by atoms with E-state index < -0.39 is 9.84 Å². The molecule has 5 nitrogen and oxygen atoms in total. The zero-order valence-corrected chi connectivity index (χ0v) is 13.2. The molecule has 112 valence electrons. The van der Waals surface area contributed by atoms with Gasteiger partial charge in [-0.25, -0.2) is 13.4 Å². The molecule has 0 saturated heterocycles. The van der Waals surface area contributed by atoms with Crippen LogP contribution in [0.1, 0.15) is 5.69 Å². The smallest absolute Gasteiger partial charge is 0.175 e. The maximum Gasteiger partial charge on any atom is 0.175 e. The van der Waals surface area contributed by atoms with Crippen LogP contribution in [0.25, 0.3) is 0 Å². The molecule has 0 aliphatic rings. The standard InChI is InChI=1S/C14H15ClN2O3S/c1-16-14-8-7-12(15)13(17-14)9-20-10-3-5-11(6-4-10)21(2,18)19/h3-8H,9H2,1-2H3,(H,16,17). The minimum Gasteiger partial charge on any atom is -0.487 e. The van der Waals surface area contributed by atoms with Gasteiger partial charge in [0, 0.05) is 13.3 Å². The van der Waals surface area contributed by atoms with Crippen LogP contribution >= 0.6 is 11.6 Å². The highest BCUT2D eigenvalue weighted by Gasteiger charge is 2.08. The summed E-state index contributed by atoms with van der Waals surface area (Å²) in [5.74, 6) is 1.25. The molecule has 0 aliphatic carbocycles. The normalized spacial score (nSPS) is 11.2. The maximum absolute atomic E-state index is 11.4. The lowest BCUT2D eigenvalue weighted by Crippen LogP contribution is -2.02. The highest BCUT2D eigenvalue weighted by atomic mass is 35.5. The van der Waals surface area contributed by atoms with Crippen molar-refractivity contribution in [1.82, 2.24) is 4.98 Å². The Kier molecular flexibility index (Phi) is 4.69. The van der Waals surface area contributed by atoms with Crippen molar-refractivity contribution in [2.75, 3.05) is 18.6 Å². The second-order valence-electron chi connectivity index (χ2n) is 4.41. The summed E-state index contributed by atoms with van der Waals surface area (Å²) in [7, 11) is -1.43. The van der Waals surface area contributed by atoms with E-state index in [1.807, 2.05) is 0 Å². The van der Waals surface area contributed by atoms with Crippen LogP contribution in [-0.4, -0.2) is 26.7 Å². The molecule has 1 aromatic heterocycles. The summed E-state index contributed by atoms with van der Waals surface area (Å²) in [5, 5.41) is 3.44. The van der Waals surface area contributed by atoms with Gasteiger partial charge in [-0.3, -0.25) is 0 Å². The van der Waals surface area contributed by atoms with E-state index >= 15 is 0 Å². The Morgan fingerprint density at radius 3 is 2.43 bits per heavy atom. The first-order chi connectivity index (χ1) is 9.90. The van der Waals surface area contributed by atoms with E-state index in [0.29, 0.717) is 22.3 Å². The lowest BCUT2D eigenvalue weighted by atomic mass is 10.3. The van der Waals surface area contributed by atoms with Crippen molar-refractivity contribution in [2.24, 2.45) is 0 Å². The molecule has 0 unspecified atom stereocenters. The Morgan fingerprint density at radius 2 is 1.86 bits per heavy atom. The Bertz CT molecular complexity index is 730. The largest absolute Gasteiger partial charge is 0.487 e. The summed E-state index contributed by atoms with van der Waals surface area (Å²) < 4.78 is 28.3. The number of aromatic nitrogens is 1. The lowest BCUT2D eigenvalue weighted by molar-refractivity contribution is 0.301. The molecule has 0 saturated carbocycles. The Labute approximate surface area is 128 Å².